The summed E-state index contributed by atoms with van der Waals surface area (Å²) in [6.07, 6.45) is 1.21. The maximum atomic E-state index is 13.5. The van der Waals surface area contributed by atoms with Crippen LogP contribution in [0.5, 0.6) is 5.75 Å². The quantitative estimate of drug-likeness (QED) is 0.910. The third-order valence-electron chi connectivity index (χ3n) is 2.36. The number of nitrogens with two attached hydrogens (primary N) is 1. The van der Waals surface area contributed by atoms with Gasteiger partial charge in [0.05, 0.1) is 12.1 Å². The van der Waals surface area contributed by atoms with Crippen molar-refractivity contribution in [1.82, 2.24) is 0 Å². The van der Waals surface area contributed by atoms with Gasteiger partial charge in [-0.3, -0.25) is 0 Å². The summed E-state index contributed by atoms with van der Waals surface area (Å²) in [7, 11) is 1.50. The summed E-state index contributed by atoms with van der Waals surface area (Å²) in [5.41, 5.74) is 6.20. The molecule has 1 aromatic carbocycles. The molecule has 0 spiro atoms. The van der Waals surface area contributed by atoms with E-state index in [9.17, 15) is 4.39 Å². The van der Waals surface area contributed by atoms with Gasteiger partial charge in [0.1, 0.15) is 11.6 Å². The average molecular weight is 268 g/mol. The van der Waals surface area contributed by atoms with Crippen LogP contribution in [0.2, 0.25) is 5.02 Å². The second kappa shape index (κ2) is 6.94. The maximum absolute atomic E-state index is 13.5. The molecule has 0 radical (unpaired) electrons. The first-order valence-electron chi connectivity index (χ1n) is 4.86. The molecule has 0 saturated heterocycles. The number of halogens is 3. The molecular weight excluding hydrogens is 252 g/mol. The zero-order valence-corrected chi connectivity index (χ0v) is 10.9. The Balaban J connectivity index is 0.00000225. The lowest BCUT2D eigenvalue weighted by molar-refractivity contribution is 0.412. The van der Waals surface area contributed by atoms with Crippen molar-refractivity contribution < 1.29 is 9.13 Å². The number of ether oxygens (including phenoxy) is 1. The zero-order valence-electron chi connectivity index (χ0n) is 9.30. The molecule has 1 aromatic rings. The first kappa shape index (κ1) is 15.5. The number of methoxy groups -OCH3 is 1. The van der Waals surface area contributed by atoms with Crippen molar-refractivity contribution in [1.29, 1.82) is 0 Å². The largest absolute Gasteiger partial charge is 0.495 e. The second-order valence-electron chi connectivity index (χ2n) is 3.41. The van der Waals surface area contributed by atoms with Gasteiger partial charge in [-0.15, -0.1) is 12.4 Å². The molecule has 0 aliphatic rings. The summed E-state index contributed by atoms with van der Waals surface area (Å²) >= 11 is 5.99. The highest BCUT2D eigenvalue weighted by Gasteiger charge is 2.14. The monoisotopic (exact) mass is 267 g/mol. The van der Waals surface area contributed by atoms with Crippen LogP contribution in [0.15, 0.2) is 12.1 Å². The Morgan fingerprint density at radius 1 is 1.50 bits per heavy atom. The first-order chi connectivity index (χ1) is 7.10. The first-order valence-corrected chi connectivity index (χ1v) is 5.24. The minimum atomic E-state index is -0.329. The number of benzene rings is 1. The van der Waals surface area contributed by atoms with E-state index in [0.29, 0.717) is 22.8 Å². The van der Waals surface area contributed by atoms with E-state index in [0.717, 1.165) is 6.42 Å². The summed E-state index contributed by atoms with van der Waals surface area (Å²) in [6, 6.07) is 2.78. The highest BCUT2D eigenvalue weighted by molar-refractivity contribution is 6.32. The fourth-order valence-electron chi connectivity index (χ4n) is 1.33. The van der Waals surface area contributed by atoms with Crippen molar-refractivity contribution >= 4 is 24.0 Å². The molecule has 0 fully saturated rings. The lowest BCUT2D eigenvalue weighted by atomic mass is 10.0. The lowest BCUT2D eigenvalue weighted by Crippen LogP contribution is -2.22. The molecule has 92 valence electrons. The fourth-order valence-corrected chi connectivity index (χ4v) is 1.64. The molecule has 0 heterocycles. The van der Waals surface area contributed by atoms with Gasteiger partial charge in [-0.1, -0.05) is 18.5 Å². The van der Waals surface area contributed by atoms with Gasteiger partial charge in [-0.05, 0) is 25.0 Å². The van der Waals surface area contributed by atoms with Gasteiger partial charge in [0.15, 0.2) is 0 Å². The summed E-state index contributed by atoms with van der Waals surface area (Å²) < 4.78 is 18.5. The van der Waals surface area contributed by atoms with Crippen LogP contribution in [0.25, 0.3) is 0 Å². The highest BCUT2D eigenvalue weighted by Crippen LogP contribution is 2.30. The fraction of sp³-hybridized carbons (Fsp3) is 0.455. The van der Waals surface area contributed by atoms with E-state index in [-0.39, 0.29) is 24.3 Å². The predicted molar refractivity (Wildman–Crippen MR) is 67.2 cm³/mol. The Bertz CT molecular complexity index is 347. The van der Waals surface area contributed by atoms with Crippen LogP contribution in [0.4, 0.5) is 4.39 Å². The Labute approximate surface area is 106 Å². The number of rotatable bonds is 4. The van der Waals surface area contributed by atoms with E-state index in [1.54, 1.807) is 0 Å². The van der Waals surface area contributed by atoms with Crippen molar-refractivity contribution in [2.45, 2.75) is 25.8 Å². The Hall–Kier alpha value is -0.510. The number of hydrogen-bond donors (Lipinski definition) is 1. The van der Waals surface area contributed by atoms with E-state index in [4.69, 9.17) is 22.1 Å². The van der Waals surface area contributed by atoms with Crippen LogP contribution >= 0.6 is 24.0 Å². The molecule has 2 N–H and O–H groups in total. The van der Waals surface area contributed by atoms with E-state index in [1.165, 1.54) is 19.2 Å². The van der Waals surface area contributed by atoms with Gasteiger partial charge in [-0.2, -0.15) is 0 Å². The van der Waals surface area contributed by atoms with Crippen LogP contribution in [0, 0.1) is 5.82 Å². The molecular formula is C11H16Cl2FNO. The predicted octanol–water partition coefficient (Wildman–Crippen LogP) is 3.19. The second-order valence-corrected chi connectivity index (χ2v) is 3.79. The third kappa shape index (κ3) is 3.51. The molecule has 0 aliphatic heterocycles. The summed E-state index contributed by atoms with van der Waals surface area (Å²) in [5.74, 6) is 0.154. The lowest BCUT2D eigenvalue weighted by Gasteiger charge is -2.13. The van der Waals surface area contributed by atoms with Crippen molar-refractivity contribution in [3.63, 3.8) is 0 Å². The van der Waals surface area contributed by atoms with Crippen LogP contribution in [-0.2, 0) is 6.42 Å². The smallest absolute Gasteiger partial charge is 0.137 e. The van der Waals surface area contributed by atoms with Crippen LogP contribution in [0.1, 0.15) is 18.9 Å². The van der Waals surface area contributed by atoms with Crippen LogP contribution in [0.3, 0.4) is 0 Å². The number of hydrogen-bond acceptors (Lipinski definition) is 2. The normalized spacial score (nSPS) is 11.8. The molecule has 0 bridgehead atoms. The van der Waals surface area contributed by atoms with Crippen molar-refractivity contribution in [3.8, 4) is 5.75 Å². The molecule has 16 heavy (non-hydrogen) atoms. The summed E-state index contributed by atoms with van der Waals surface area (Å²) in [4.78, 5) is 0. The molecule has 1 atom stereocenters. The van der Waals surface area contributed by atoms with Crippen molar-refractivity contribution in [2.75, 3.05) is 7.11 Å². The van der Waals surface area contributed by atoms with Gasteiger partial charge >= 0.3 is 0 Å². The molecule has 0 saturated carbocycles. The molecule has 1 unspecified atom stereocenters. The van der Waals surface area contributed by atoms with Crippen LogP contribution in [-0.4, -0.2) is 13.2 Å². The average Bonchev–Trinajstić information content (AvgIpc) is 2.24. The third-order valence-corrected chi connectivity index (χ3v) is 2.78. The molecule has 0 aliphatic carbocycles. The summed E-state index contributed by atoms with van der Waals surface area (Å²) in [6.45, 7) is 1.96. The highest BCUT2D eigenvalue weighted by atomic mass is 35.5. The Morgan fingerprint density at radius 2 is 2.12 bits per heavy atom. The Kier molecular flexibility index (Phi) is 6.72. The van der Waals surface area contributed by atoms with E-state index in [2.05, 4.69) is 0 Å². The Morgan fingerprint density at radius 3 is 2.62 bits per heavy atom. The maximum Gasteiger partial charge on any atom is 0.137 e. The minimum Gasteiger partial charge on any atom is -0.495 e. The topological polar surface area (TPSA) is 35.2 Å². The van der Waals surface area contributed by atoms with Gasteiger partial charge in [0.25, 0.3) is 0 Å². The van der Waals surface area contributed by atoms with Crippen molar-refractivity contribution in [2.24, 2.45) is 5.73 Å². The van der Waals surface area contributed by atoms with Gasteiger partial charge in [-0.25, -0.2) is 4.39 Å². The molecule has 2 nitrogen and oxygen atoms in total. The molecule has 0 amide bonds. The van der Waals surface area contributed by atoms with E-state index < -0.39 is 0 Å². The minimum absolute atomic E-state index is 0. The standard InChI is InChI=1S/C11H15ClFNO.ClH/c1-3-7(14)6-8-9(13)4-5-10(15-2)11(8)12;/h4-5,7H,3,6,14H2,1-2H3;1H. The van der Waals surface area contributed by atoms with Gasteiger partial charge in [0.2, 0.25) is 0 Å². The summed E-state index contributed by atoms with van der Waals surface area (Å²) in [5, 5.41) is 0.321. The van der Waals surface area contributed by atoms with Crippen LogP contribution < -0.4 is 10.5 Å². The van der Waals surface area contributed by atoms with E-state index in [1.807, 2.05) is 6.92 Å². The molecule has 0 aromatic heterocycles. The zero-order chi connectivity index (χ0) is 11.4. The van der Waals surface area contributed by atoms with Gasteiger partial charge < -0.3 is 10.5 Å². The van der Waals surface area contributed by atoms with E-state index >= 15 is 0 Å². The molecule has 5 heteroatoms. The van der Waals surface area contributed by atoms with Gasteiger partial charge in [0, 0.05) is 11.6 Å². The van der Waals surface area contributed by atoms with Crippen molar-refractivity contribution in [3.05, 3.63) is 28.5 Å². The SMILES string of the molecule is CCC(N)Cc1c(F)ccc(OC)c1Cl.Cl. The molecule has 1 rings (SSSR count).